The number of rotatable bonds is 3. The van der Waals surface area contributed by atoms with Gasteiger partial charge in [0.1, 0.15) is 18.4 Å². The molecule has 0 bridgehead atoms. The van der Waals surface area contributed by atoms with E-state index in [0.29, 0.717) is 10.8 Å². The molecule has 0 saturated carbocycles. The van der Waals surface area contributed by atoms with Crippen molar-refractivity contribution in [3.63, 3.8) is 0 Å². The molecule has 16 heavy (non-hydrogen) atoms. The number of ether oxygens (including phenoxy) is 1. The second-order valence-corrected chi connectivity index (χ2v) is 3.41. The molecule has 0 saturated heterocycles. The Morgan fingerprint density at radius 1 is 1.38 bits per heavy atom. The summed E-state index contributed by atoms with van der Waals surface area (Å²) in [6, 6.07) is 5.32. The molecule has 0 radical (unpaired) electrons. The summed E-state index contributed by atoms with van der Waals surface area (Å²) in [4.78, 5) is 0. The van der Waals surface area contributed by atoms with E-state index in [9.17, 15) is 0 Å². The Labute approximate surface area is 97.3 Å². The predicted molar refractivity (Wildman–Crippen MR) is 61.0 cm³/mol. The highest BCUT2D eigenvalue weighted by Crippen LogP contribution is 2.20. The van der Waals surface area contributed by atoms with E-state index in [4.69, 9.17) is 16.3 Å². The van der Waals surface area contributed by atoms with Crippen molar-refractivity contribution in [2.45, 2.75) is 0 Å². The van der Waals surface area contributed by atoms with Gasteiger partial charge in [-0.05, 0) is 18.2 Å². The summed E-state index contributed by atoms with van der Waals surface area (Å²) in [5, 5.41) is 12.0. The zero-order chi connectivity index (χ0) is 11.4. The summed E-state index contributed by atoms with van der Waals surface area (Å²) in [5.74, 6) is 0.709. The second-order valence-electron chi connectivity index (χ2n) is 2.97. The lowest BCUT2D eigenvalue weighted by Gasteiger charge is -2.03. The van der Waals surface area contributed by atoms with Crippen LogP contribution in [0, 0.1) is 0 Å². The maximum atomic E-state index is 5.89. The fourth-order valence-corrected chi connectivity index (χ4v) is 1.37. The van der Waals surface area contributed by atoms with Crippen molar-refractivity contribution in [3.05, 3.63) is 41.4 Å². The second kappa shape index (κ2) is 4.76. The van der Waals surface area contributed by atoms with Gasteiger partial charge in [0.25, 0.3) is 0 Å². The smallest absolute Gasteiger partial charge is 0.141 e. The highest BCUT2D eigenvalue weighted by molar-refractivity contribution is 6.30. The van der Waals surface area contributed by atoms with Crippen molar-refractivity contribution < 1.29 is 4.74 Å². The van der Waals surface area contributed by atoms with E-state index in [1.165, 1.54) is 17.3 Å². The lowest BCUT2D eigenvalue weighted by Crippen LogP contribution is -1.92. The molecule has 82 valence electrons. The van der Waals surface area contributed by atoms with Gasteiger partial charge in [-0.2, -0.15) is 5.10 Å². The van der Waals surface area contributed by atoms with Gasteiger partial charge in [0.05, 0.1) is 13.3 Å². The molecule has 1 aromatic carbocycles. The van der Waals surface area contributed by atoms with E-state index >= 15 is 0 Å². The van der Waals surface area contributed by atoms with Crippen LogP contribution >= 0.6 is 11.6 Å². The van der Waals surface area contributed by atoms with E-state index in [2.05, 4.69) is 15.3 Å². The maximum Gasteiger partial charge on any atom is 0.141 e. The minimum atomic E-state index is 0.631. The molecule has 0 aliphatic rings. The van der Waals surface area contributed by atoms with E-state index in [1.807, 2.05) is 0 Å². The Morgan fingerprint density at radius 2 is 2.12 bits per heavy atom. The molecule has 2 rings (SSSR count). The molecule has 6 heteroatoms. The zero-order valence-corrected chi connectivity index (χ0v) is 9.30. The summed E-state index contributed by atoms with van der Waals surface area (Å²) >= 11 is 5.89. The average Bonchev–Trinajstić information content (AvgIpc) is 2.79. The topological polar surface area (TPSA) is 52.3 Å². The van der Waals surface area contributed by atoms with Crippen molar-refractivity contribution in [2.24, 2.45) is 5.10 Å². The van der Waals surface area contributed by atoms with Gasteiger partial charge >= 0.3 is 0 Å². The van der Waals surface area contributed by atoms with Crippen LogP contribution in [0.3, 0.4) is 0 Å². The van der Waals surface area contributed by atoms with Crippen LogP contribution in [0.2, 0.25) is 5.02 Å². The first kappa shape index (κ1) is 10.6. The summed E-state index contributed by atoms with van der Waals surface area (Å²) < 4.78 is 6.67. The largest absolute Gasteiger partial charge is 0.496 e. The molecule has 0 N–H and O–H groups in total. The molecule has 0 amide bonds. The van der Waals surface area contributed by atoms with Crippen LogP contribution in [-0.4, -0.2) is 28.2 Å². The average molecular weight is 237 g/mol. The van der Waals surface area contributed by atoms with Gasteiger partial charge in [-0.3, -0.25) is 0 Å². The predicted octanol–water partition coefficient (Wildman–Crippen LogP) is 1.82. The summed E-state index contributed by atoms with van der Waals surface area (Å²) in [5.41, 5.74) is 0.795. The van der Waals surface area contributed by atoms with Gasteiger partial charge in [-0.25, -0.2) is 4.68 Å². The van der Waals surface area contributed by atoms with E-state index < -0.39 is 0 Å². The monoisotopic (exact) mass is 236 g/mol. The summed E-state index contributed by atoms with van der Waals surface area (Å²) in [6.07, 6.45) is 4.62. The van der Waals surface area contributed by atoms with Gasteiger partial charge in [0.2, 0.25) is 0 Å². The molecule has 0 fully saturated rings. The van der Waals surface area contributed by atoms with Gasteiger partial charge in [-0.15, -0.1) is 10.2 Å². The number of methoxy groups -OCH3 is 1. The van der Waals surface area contributed by atoms with Crippen LogP contribution in [-0.2, 0) is 0 Å². The Morgan fingerprint density at radius 3 is 2.81 bits per heavy atom. The summed E-state index contributed by atoms with van der Waals surface area (Å²) in [7, 11) is 1.60. The maximum absolute atomic E-state index is 5.89. The number of hydrogen-bond acceptors (Lipinski definition) is 4. The Bertz CT molecular complexity index is 496. The first-order valence-electron chi connectivity index (χ1n) is 4.52. The van der Waals surface area contributed by atoms with Crippen molar-refractivity contribution in [1.82, 2.24) is 14.9 Å². The SMILES string of the molecule is COc1ccc(Cl)cc1/C=N/n1cnnc1. The van der Waals surface area contributed by atoms with Crippen molar-refractivity contribution in [1.29, 1.82) is 0 Å². The highest BCUT2D eigenvalue weighted by Gasteiger charge is 2.00. The van der Waals surface area contributed by atoms with Crippen molar-refractivity contribution >= 4 is 17.8 Å². The Hall–Kier alpha value is -1.88. The molecule has 1 heterocycles. The van der Waals surface area contributed by atoms with Crippen LogP contribution < -0.4 is 4.74 Å². The number of nitrogens with zero attached hydrogens (tertiary/aromatic N) is 4. The Balaban J connectivity index is 2.29. The first-order valence-corrected chi connectivity index (χ1v) is 4.90. The fraction of sp³-hybridized carbons (Fsp3) is 0.100. The van der Waals surface area contributed by atoms with Gasteiger partial charge in [0.15, 0.2) is 0 Å². The van der Waals surface area contributed by atoms with E-state index in [-0.39, 0.29) is 0 Å². The van der Waals surface area contributed by atoms with Crippen LogP contribution in [0.25, 0.3) is 0 Å². The zero-order valence-electron chi connectivity index (χ0n) is 8.54. The standard InChI is InChI=1S/C10H9ClN4O/c1-16-10-3-2-9(11)4-8(10)5-14-15-6-12-13-7-15/h2-7H,1H3/b14-5+. The quantitative estimate of drug-likeness (QED) is 0.764. The van der Waals surface area contributed by atoms with Gasteiger partial charge in [0, 0.05) is 10.6 Å². The summed E-state index contributed by atoms with van der Waals surface area (Å²) in [6.45, 7) is 0. The fourth-order valence-electron chi connectivity index (χ4n) is 1.19. The number of aromatic nitrogens is 3. The van der Waals surface area contributed by atoms with Crippen LogP contribution in [0.5, 0.6) is 5.75 Å². The van der Waals surface area contributed by atoms with Gasteiger partial charge < -0.3 is 4.74 Å². The molecule has 0 spiro atoms. The highest BCUT2D eigenvalue weighted by atomic mass is 35.5. The number of halogens is 1. The minimum absolute atomic E-state index is 0.631. The molecular weight excluding hydrogens is 228 g/mol. The van der Waals surface area contributed by atoms with Crippen molar-refractivity contribution in [3.8, 4) is 5.75 Å². The Kier molecular flexibility index (Phi) is 3.16. The first-order chi connectivity index (χ1) is 7.79. The lowest BCUT2D eigenvalue weighted by atomic mass is 10.2. The number of hydrogen-bond donors (Lipinski definition) is 0. The molecule has 0 aliphatic heterocycles. The molecule has 2 aromatic rings. The third kappa shape index (κ3) is 2.38. The lowest BCUT2D eigenvalue weighted by molar-refractivity contribution is 0.414. The normalized spacial score (nSPS) is 10.9. The minimum Gasteiger partial charge on any atom is -0.496 e. The van der Waals surface area contributed by atoms with Crippen LogP contribution in [0.4, 0.5) is 0 Å². The van der Waals surface area contributed by atoms with E-state index in [1.54, 1.807) is 31.5 Å². The molecule has 0 atom stereocenters. The third-order valence-corrected chi connectivity index (χ3v) is 2.16. The molecular formula is C10H9ClN4O. The molecule has 5 nitrogen and oxygen atoms in total. The van der Waals surface area contributed by atoms with E-state index in [0.717, 1.165) is 5.56 Å². The van der Waals surface area contributed by atoms with Crippen molar-refractivity contribution in [2.75, 3.05) is 7.11 Å². The molecule has 0 aliphatic carbocycles. The number of benzene rings is 1. The van der Waals surface area contributed by atoms with Crippen LogP contribution in [0.1, 0.15) is 5.56 Å². The van der Waals surface area contributed by atoms with Gasteiger partial charge in [-0.1, -0.05) is 11.6 Å². The molecule has 1 aromatic heterocycles. The third-order valence-electron chi connectivity index (χ3n) is 1.93. The molecule has 0 unspecified atom stereocenters. The van der Waals surface area contributed by atoms with Crippen LogP contribution in [0.15, 0.2) is 36.0 Å².